The van der Waals surface area contributed by atoms with Crippen LogP contribution in [-0.2, 0) is 12.8 Å². The Morgan fingerprint density at radius 1 is 1.25 bits per heavy atom. The highest BCUT2D eigenvalue weighted by Gasteiger charge is 2.09. The van der Waals surface area contributed by atoms with Crippen molar-refractivity contribution in [2.45, 2.75) is 12.8 Å². The van der Waals surface area contributed by atoms with E-state index in [0.29, 0.717) is 0 Å². The zero-order chi connectivity index (χ0) is 6.27. The van der Waals surface area contributed by atoms with Gasteiger partial charge < -0.3 is 0 Å². The van der Waals surface area contributed by atoms with Gasteiger partial charge in [0.15, 0.2) is 0 Å². The molecule has 0 spiro atoms. The molecule has 0 heterocycles. The molecule has 0 amide bonds. The third kappa shape index (κ3) is 0.401. The number of hydrogen-bond acceptors (Lipinski definition) is 0. The van der Waals surface area contributed by atoms with E-state index in [1.807, 2.05) is 18.2 Å². The lowest BCUT2D eigenvalue weighted by Gasteiger charge is -2.16. The molecule has 0 fully saturated rings. The molecule has 0 N–H and O–H groups in total. The van der Waals surface area contributed by atoms with Crippen LogP contribution in [0.4, 0.5) is 0 Å². The van der Waals surface area contributed by atoms with Gasteiger partial charge in [0.2, 0.25) is 0 Å². The smallest absolute Gasteiger partial charge is 0.0319 e. The Hall–Kier alpha value is -0.780. The first-order valence-electron chi connectivity index (χ1n) is 3.46. The van der Waals surface area contributed by atoms with Crippen molar-refractivity contribution < 1.29 is 1.37 Å². The Bertz CT molecular complexity index is 230. The van der Waals surface area contributed by atoms with Crippen molar-refractivity contribution in [1.29, 1.82) is 0 Å². The molecule has 1 atom stereocenters. The molecule has 1 aromatic carbocycles. The second kappa shape index (κ2) is 1.35. The molecule has 0 bridgehead atoms. The maximum atomic E-state index is 7.40. The summed E-state index contributed by atoms with van der Waals surface area (Å²) in [6.07, 6.45) is 1.03. The summed E-state index contributed by atoms with van der Waals surface area (Å²) >= 11 is 0. The predicted molar refractivity (Wildman–Crippen MR) is 33.9 cm³/mol. The highest BCUT2D eigenvalue weighted by Crippen LogP contribution is 2.20. The van der Waals surface area contributed by atoms with Gasteiger partial charge in [-0.25, -0.2) is 0 Å². The Kier molecular flexibility index (Phi) is 0.553. The molecule has 0 nitrogen and oxygen atoms in total. The van der Waals surface area contributed by atoms with E-state index < -0.39 is 0 Å². The number of aryl methyl sites for hydroxylation is 2. The van der Waals surface area contributed by atoms with Crippen LogP contribution in [0.5, 0.6) is 0 Å². The molecule has 40 valence electrons. The van der Waals surface area contributed by atoms with Gasteiger partial charge in [-0.05, 0) is 23.9 Å². The monoisotopic (exact) mass is 105 g/mol. The van der Waals surface area contributed by atoms with Crippen LogP contribution in [0.1, 0.15) is 12.5 Å². The molecular formula is C8H8. The quantitative estimate of drug-likeness (QED) is 0.472. The Morgan fingerprint density at radius 2 is 2.00 bits per heavy atom. The van der Waals surface area contributed by atoms with Crippen molar-refractivity contribution in [3.8, 4) is 0 Å². The first kappa shape index (κ1) is 3.29. The summed E-state index contributed by atoms with van der Waals surface area (Å²) in [5, 5.41) is 0. The Morgan fingerprint density at radius 3 is 2.50 bits per heavy atom. The zero-order valence-corrected chi connectivity index (χ0v) is 4.59. The topological polar surface area (TPSA) is 0 Å². The van der Waals surface area contributed by atoms with Crippen molar-refractivity contribution in [1.82, 2.24) is 0 Å². The molecule has 1 aliphatic carbocycles. The predicted octanol–water partition coefficient (Wildman–Crippen LogP) is 1.79. The normalized spacial score (nSPS) is 25.5. The first-order chi connectivity index (χ1) is 4.38. The minimum Gasteiger partial charge on any atom is -0.0620 e. The molecule has 8 heavy (non-hydrogen) atoms. The number of rotatable bonds is 0. The molecule has 1 unspecified atom stereocenters. The van der Waals surface area contributed by atoms with Crippen molar-refractivity contribution in [3.63, 3.8) is 0 Å². The van der Waals surface area contributed by atoms with Crippen molar-refractivity contribution in [3.05, 3.63) is 35.4 Å². The third-order valence-electron chi connectivity index (χ3n) is 1.60. The van der Waals surface area contributed by atoms with Crippen molar-refractivity contribution >= 4 is 0 Å². The average Bonchev–Trinajstić information content (AvgIpc) is 1.86. The van der Waals surface area contributed by atoms with E-state index in [9.17, 15) is 0 Å². The summed E-state index contributed by atoms with van der Waals surface area (Å²) in [6.45, 7) is 0. The summed E-state index contributed by atoms with van der Waals surface area (Å²) in [7, 11) is 0. The number of fused-ring (bicyclic) bond motifs is 1. The van der Waals surface area contributed by atoms with E-state index in [1.54, 1.807) is 0 Å². The van der Waals surface area contributed by atoms with Crippen LogP contribution in [0.15, 0.2) is 24.3 Å². The molecule has 1 aliphatic rings. The summed E-state index contributed by atoms with van der Waals surface area (Å²) in [6, 6.07) is 8.17. The van der Waals surface area contributed by atoms with E-state index in [4.69, 9.17) is 1.37 Å². The molecule has 0 radical (unpaired) electrons. The Labute approximate surface area is 50.6 Å². The fourth-order valence-corrected chi connectivity index (χ4v) is 1.01. The first-order valence-corrected chi connectivity index (χ1v) is 2.88. The molecule has 0 saturated heterocycles. The van der Waals surface area contributed by atoms with Gasteiger partial charge in [-0.2, -0.15) is 0 Å². The molecule has 0 saturated carbocycles. The molecule has 0 aromatic heterocycles. The summed E-state index contributed by atoms with van der Waals surface area (Å²) in [4.78, 5) is 0. The van der Waals surface area contributed by atoms with Gasteiger partial charge in [-0.3, -0.25) is 0 Å². The average molecular weight is 105 g/mol. The largest absolute Gasteiger partial charge is 0.0620 e. The summed E-state index contributed by atoms with van der Waals surface area (Å²) < 4.78 is 7.40. The van der Waals surface area contributed by atoms with Gasteiger partial charge in [0.25, 0.3) is 0 Å². The van der Waals surface area contributed by atoms with E-state index in [0.717, 1.165) is 6.42 Å². The number of benzene rings is 1. The summed E-state index contributed by atoms with van der Waals surface area (Å²) in [5.41, 5.74) is 2.58. The number of hydrogen-bond donors (Lipinski definition) is 0. The van der Waals surface area contributed by atoms with Crippen LogP contribution >= 0.6 is 0 Å². The highest BCUT2D eigenvalue weighted by atomic mass is 14.1. The fourth-order valence-electron chi connectivity index (χ4n) is 1.01. The molecular weight excluding hydrogens is 96.1 g/mol. The van der Waals surface area contributed by atoms with E-state index in [1.165, 1.54) is 11.1 Å². The second-order valence-corrected chi connectivity index (χ2v) is 2.11. The van der Waals surface area contributed by atoms with Gasteiger partial charge in [-0.1, -0.05) is 24.3 Å². The van der Waals surface area contributed by atoms with Gasteiger partial charge in [0.1, 0.15) is 0 Å². The molecule has 1 aromatic rings. The zero-order valence-electron chi connectivity index (χ0n) is 5.59. The van der Waals surface area contributed by atoms with Crippen LogP contribution in [0, 0.1) is 0 Å². The molecule has 0 heteroatoms. The standard InChI is InChI=1S/C8H8/c1-2-4-8-6-5-7(8)3-1/h1-4H,5-6H2/i5D. The SMILES string of the molecule is [2H]C1Cc2ccccc21. The van der Waals surface area contributed by atoms with E-state index in [2.05, 4.69) is 6.07 Å². The van der Waals surface area contributed by atoms with Crippen LogP contribution in [0.2, 0.25) is 0 Å². The lowest BCUT2D eigenvalue weighted by atomic mass is 9.89. The van der Waals surface area contributed by atoms with E-state index in [-0.39, 0.29) is 6.40 Å². The van der Waals surface area contributed by atoms with Crippen LogP contribution in [-0.4, -0.2) is 0 Å². The van der Waals surface area contributed by atoms with Crippen molar-refractivity contribution in [2.75, 3.05) is 0 Å². The van der Waals surface area contributed by atoms with Gasteiger partial charge >= 0.3 is 0 Å². The lowest BCUT2D eigenvalue weighted by Crippen LogP contribution is -2.06. The molecule has 0 aliphatic heterocycles. The lowest BCUT2D eigenvalue weighted by molar-refractivity contribution is 0.839. The Balaban J connectivity index is 2.51. The minimum absolute atomic E-state index is 0.0706. The maximum absolute atomic E-state index is 7.40. The van der Waals surface area contributed by atoms with Crippen molar-refractivity contribution in [2.24, 2.45) is 0 Å². The van der Waals surface area contributed by atoms with Crippen LogP contribution in [0.25, 0.3) is 0 Å². The molecule has 2 rings (SSSR count). The van der Waals surface area contributed by atoms with Gasteiger partial charge in [0.05, 0.1) is 0 Å². The van der Waals surface area contributed by atoms with E-state index >= 15 is 0 Å². The third-order valence-corrected chi connectivity index (χ3v) is 1.60. The summed E-state index contributed by atoms with van der Waals surface area (Å²) in [5.74, 6) is 0. The minimum atomic E-state index is 0.0706. The van der Waals surface area contributed by atoms with Gasteiger partial charge in [0, 0.05) is 1.37 Å². The van der Waals surface area contributed by atoms with Crippen LogP contribution in [0.3, 0.4) is 0 Å². The fraction of sp³-hybridized carbons (Fsp3) is 0.250. The van der Waals surface area contributed by atoms with Gasteiger partial charge in [-0.15, -0.1) is 0 Å². The maximum Gasteiger partial charge on any atom is 0.0319 e. The highest BCUT2D eigenvalue weighted by molar-refractivity contribution is 5.34. The van der Waals surface area contributed by atoms with Crippen LogP contribution < -0.4 is 0 Å². The second-order valence-electron chi connectivity index (χ2n) is 2.11.